The van der Waals surface area contributed by atoms with Crippen LogP contribution in [0.1, 0.15) is 10.5 Å². The summed E-state index contributed by atoms with van der Waals surface area (Å²) in [6.45, 7) is 0. The van der Waals surface area contributed by atoms with Gasteiger partial charge in [0, 0.05) is 18.0 Å². The number of aromatic carboxylic acids is 1. The highest BCUT2D eigenvalue weighted by atomic mass is 19.1. The average molecular weight is 258 g/mol. The van der Waals surface area contributed by atoms with Gasteiger partial charge < -0.3 is 14.7 Å². The zero-order chi connectivity index (χ0) is 13.6. The number of rotatable bonds is 2. The minimum atomic E-state index is -0.976. The van der Waals surface area contributed by atoms with E-state index >= 15 is 0 Å². The highest BCUT2D eigenvalue weighted by Crippen LogP contribution is 2.26. The Bertz CT molecular complexity index is 786. The summed E-state index contributed by atoms with van der Waals surface area (Å²) in [5, 5.41) is 9.78. The number of carbonyl (C=O) groups is 1. The van der Waals surface area contributed by atoms with Crippen LogP contribution in [0.2, 0.25) is 0 Å². The fraction of sp³-hybridized carbons (Fsp3) is 0.0714. The summed E-state index contributed by atoms with van der Waals surface area (Å²) in [5.41, 5.74) is 2.53. The number of hydrogen-bond acceptors (Lipinski definition) is 1. The summed E-state index contributed by atoms with van der Waals surface area (Å²) in [6.07, 6.45) is 0. The number of benzene rings is 1. The summed E-state index contributed by atoms with van der Waals surface area (Å²) in [7, 11) is 1.69. The molecule has 0 aliphatic carbocycles. The smallest absolute Gasteiger partial charge is 0.352 e. The van der Waals surface area contributed by atoms with Gasteiger partial charge in [0.25, 0.3) is 0 Å². The summed E-state index contributed by atoms with van der Waals surface area (Å²) in [6, 6.07) is 9.57. The summed E-state index contributed by atoms with van der Waals surface area (Å²) in [5.74, 6) is -1.27. The van der Waals surface area contributed by atoms with Gasteiger partial charge in [-0.25, -0.2) is 9.18 Å². The van der Waals surface area contributed by atoms with Crippen molar-refractivity contribution >= 4 is 16.9 Å². The van der Waals surface area contributed by atoms with E-state index in [1.807, 2.05) is 0 Å². The van der Waals surface area contributed by atoms with Gasteiger partial charge >= 0.3 is 5.97 Å². The summed E-state index contributed by atoms with van der Waals surface area (Å²) < 4.78 is 14.7. The molecule has 0 saturated heterocycles. The molecular weight excluding hydrogens is 247 g/mol. The molecule has 0 saturated carbocycles. The van der Waals surface area contributed by atoms with Crippen LogP contribution in [0.25, 0.3) is 22.3 Å². The van der Waals surface area contributed by atoms with Crippen molar-refractivity contribution < 1.29 is 14.3 Å². The predicted octanol–water partition coefficient (Wildman–Crippen LogP) is 3.01. The number of hydrogen-bond donors (Lipinski definition) is 2. The van der Waals surface area contributed by atoms with Gasteiger partial charge in [0.05, 0.1) is 11.4 Å². The Hall–Kier alpha value is -2.56. The molecule has 19 heavy (non-hydrogen) atoms. The molecule has 0 amide bonds. The third-order valence-corrected chi connectivity index (χ3v) is 3.20. The summed E-state index contributed by atoms with van der Waals surface area (Å²) in [4.78, 5) is 14.2. The third kappa shape index (κ3) is 1.79. The molecule has 3 rings (SSSR count). The molecule has 0 radical (unpaired) electrons. The molecule has 0 fully saturated rings. The molecule has 2 aromatic heterocycles. The van der Waals surface area contributed by atoms with Crippen molar-refractivity contribution in [3.8, 4) is 11.4 Å². The van der Waals surface area contributed by atoms with Crippen molar-refractivity contribution in [2.45, 2.75) is 0 Å². The van der Waals surface area contributed by atoms with Crippen molar-refractivity contribution in [2.24, 2.45) is 7.05 Å². The molecule has 5 heteroatoms. The Balaban J connectivity index is 2.16. The standard InChI is InChI=1S/C14H11FN2O2/c1-17-12(4-5-13(17)14(18)19)11-7-8-6-9(15)2-3-10(8)16-11/h2-7,16H,1H3,(H,18,19). The molecule has 0 spiro atoms. The number of halogens is 1. The van der Waals surface area contributed by atoms with Crippen molar-refractivity contribution in [2.75, 3.05) is 0 Å². The number of aromatic amines is 1. The normalized spacial score (nSPS) is 11.1. The largest absolute Gasteiger partial charge is 0.477 e. The lowest BCUT2D eigenvalue weighted by molar-refractivity contribution is 0.0687. The Morgan fingerprint density at radius 1 is 1.26 bits per heavy atom. The van der Waals surface area contributed by atoms with Crippen LogP contribution in [-0.4, -0.2) is 20.6 Å². The molecule has 0 unspecified atom stereocenters. The van der Waals surface area contributed by atoms with Crippen LogP contribution in [-0.2, 0) is 7.05 Å². The number of carboxylic acids is 1. The topological polar surface area (TPSA) is 58.0 Å². The zero-order valence-corrected chi connectivity index (χ0v) is 10.1. The second kappa shape index (κ2) is 3.98. The number of carboxylic acid groups (broad SMARTS) is 1. The van der Waals surface area contributed by atoms with E-state index < -0.39 is 5.97 Å². The van der Waals surface area contributed by atoms with Gasteiger partial charge in [-0.3, -0.25) is 0 Å². The lowest BCUT2D eigenvalue weighted by Crippen LogP contribution is -2.05. The van der Waals surface area contributed by atoms with Crippen LogP contribution in [0.15, 0.2) is 36.4 Å². The number of nitrogens with zero attached hydrogens (tertiary/aromatic N) is 1. The molecule has 0 aliphatic rings. The van der Waals surface area contributed by atoms with Gasteiger partial charge in [0.1, 0.15) is 11.5 Å². The van der Waals surface area contributed by atoms with E-state index in [9.17, 15) is 9.18 Å². The average Bonchev–Trinajstić information content (AvgIpc) is 2.91. The van der Waals surface area contributed by atoms with Crippen molar-refractivity contribution in [3.63, 3.8) is 0 Å². The first kappa shape index (κ1) is 11.5. The quantitative estimate of drug-likeness (QED) is 0.742. The van der Waals surface area contributed by atoms with Crippen molar-refractivity contribution in [3.05, 3.63) is 47.9 Å². The lowest BCUT2D eigenvalue weighted by atomic mass is 10.2. The maximum absolute atomic E-state index is 13.1. The monoisotopic (exact) mass is 258 g/mol. The molecule has 4 nitrogen and oxygen atoms in total. The molecule has 96 valence electrons. The molecular formula is C14H11FN2O2. The maximum atomic E-state index is 13.1. The first-order valence-electron chi connectivity index (χ1n) is 5.74. The second-order valence-electron chi connectivity index (χ2n) is 4.38. The molecule has 3 aromatic rings. The number of H-pyrrole nitrogens is 1. The van der Waals surface area contributed by atoms with E-state index in [1.165, 1.54) is 12.1 Å². The van der Waals surface area contributed by atoms with Crippen LogP contribution < -0.4 is 0 Å². The van der Waals surface area contributed by atoms with Crippen molar-refractivity contribution in [1.82, 2.24) is 9.55 Å². The van der Waals surface area contributed by atoms with Gasteiger partial charge in [0.15, 0.2) is 0 Å². The van der Waals surface area contributed by atoms with E-state index in [-0.39, 0.29) is 11.5 Å². The molecule has 1 aromatic carbocycles. The number of aromatic nitrogens is 2. The van der Waals surface area contributed by atoms with E-state index in [2.05, 4.69) is 4.98 Å². The number of fused-ring (bicyclic) bond motifs is 1. The molecule has 0 aliphatic heterocycles. The van der Waals surface area contributed by atoms with E-state index in [0.717, 1.165) is 22.3 Å². The predicted molar refractivity (Wildman–Crippen MR) is 69.6 cm³/mol. The second-order valence-corrected chi connectivity index (χ2v) is 4.38. The zero-order valence-electron chi connectivity index (χ0n) is 10.1. The fourth-order valence-corrected chi connectivity index (χ4v) is 2.24. The van der Waals surface area contributed by atoms with E-state index in [4.69, 9.17) is 5.11 Å². The first-order chi connectivity index (χ1) is 9.06. The molecule has 0 bridgehead atoms. The van der Waals surface area contributed by atoms with Crippen LogP contribution in [0.5, 0.6) is 0 Å². The van der Waals surface area contributed by atoms with Crippen LogP contribution in [0.4, 0.5) is 4.39 Å². The Kier molecular flexibility index (Phi) is 2.41. The van der Waals surface area contributed by atoms with Gasteiger partial charge in [-0.1, -0.05) is 0 Å². The van der Waals surface area contributed by atoms with Crippen LogP contribution >= 0.6 is 0 Å². The SMILES string of the molecule is Cn1c(C(=O)O)ccc1-c1cc2cc(F)ccc2[nH]1. The lowest BCUT2D eigenvalue weighted by Gasteiger charge is -2.02. The number of nitrogens with one attached hydrogen (secondary N) is 1. The van der Waals surface area contributed by atoms with Gasteiger partial charge in [0.2, 0.25) is 0 Å². The van der Waals surface area contributed by atoms with Crippen LogP contribution in [0, 0.1) is 5.82 Å². The van der Waals surface area contributed by atoms with E-state index in [0.29, 0.717) is 0 Å². The highest BCUT2D eigenvalue weighted by Gasteiger charge is 2.13. The summed E-state index contributed by atoms with van der Waals surface area (Å²) >= 11 is 0. The van der Waals surface area contributed by atoms with Crippen molar-refractivity contribution in [1.29, 1.82) is 0 Å². The maximum Gasteiger partial charge on any atom is 0.352 e. The van der Waals surface area contributed by atoms with Gasteiger partial charge in [-0.2, -0.15) is 0 Å². The Morgan fingerprint density at radius 3 is 2.74 bits per heavy atom. The van der Waals surface area contributed by atoms with E-state index in [1.54, 1.807) is 35.9 Å². The highest BCUT2D eigenvalue weighted by molar-refractivity contribution is 5.89. The third-order valence-electron chi connectivity index (χ3n) is 3.20. The molecule has 2 heterocycles. The minimum absolute atomic E-state index is 0.208. The molecule has 2 N–H and O–H groups in total. The van der Waals surface area contributed by atoms with Gasteiger partial charge in [-0.15, -0.1) is 0 Å². The Labute approximate surface area is 108 Å². The van der Waals surface area contributed by atoms with Gasteiger partial charge in [-0.05, 0) is 36.4 Å². The fourth-order valence-electron chi connectivity index (χ4n) is 2.24. The van der Waals surface area contributed by atoms with Crippen LogP contribution in [0.3, 0.4) is 0 Å². The minimum Gasteiger partial charge on any atom is -0.477 e. The Morgan fingerprint density at radius 2 is 2.05 bits per heavy atom. The molecule has 0 atom stereocenters. The first-order valence-corrected chi connectivity index (χ1v) is 5.74.